The molecule has 4 heteroatoms. The molecule has 0 bridgehead atoms. The van der Waals surface area contributed by atoms with E-state index >= 15 is 0 Å². The lowest BCUT2D eigenvalue weighted by Gasteiger charge is -2.14. The molecule has 0 saturated heterocycles. The number of thioether (sulfide) groups is 1. The van der Waals surface area contributed by atoms with Crippen LogP contribution in [0.25, 0.3) is 0 Å². The SMILES string of the molecule is Cc1cc(C)nc(SCC(CN)c2ccccc2)n1. The number of nitrogens with zero attached hydrogens (tertiary/aromatic N) is 2. The highest BCUT2D eigenvalue weighted by atomic mass is 32.2. The molecule has 1 aromatic carbocycles. The van der Waals surface area contributed by atoms with Crippen LogP contribution in [0, 0.1) is 13.8 Å². The van der Waals surface area contributed by atoms with Gasteiger partial charge in [-0.25, -0.2) is 9.97 Å². The van der Waals surface area contributed by atoms with E-state index in [0.29, 0.717) is 12.5 Å². The van der Waals surface area contributed by atoms with Gasteiger partial charge in [-0.1, -0.05) is 42.1 Å². The number of hydrogen-bond acceptors (Lipinski definition) is 4. The van der Waals surface area contributed by atoms with Crippen molar-refractivity contribution in [3.8, 4) is 0 Å². The molecular formula is C15H19N3S. The first-order valence-corrected chi connectivity index (χ1v) is 7.37. The largest absolute Gasteiger partial charge is 0.330 e. The van der Waals surface area contributed by atoms with E-state index in [-0.39, 0.29) is 0 Å². The van der Waals surface area contributed by atoms with E-state index in [2.05, 4.69) is 34.2 Å². The summed E-state index contributed by atoms with van der Waals surface area (Å²) in [4.78, 5) is 8.89. The first kappa shape index (κ1) is 14.0. The average molecular weight is 273 g/mol. The maximum Gasteiger partial charge on any atom is 0.187 e. The lowest BCUT2D eigenvalue weighted by molar-refractivity contribution is 0.781. The van der Waals surface area contributed by atoms with Gasteiger partial charge in [-0.2, -0.15) is 0 Å². The van der Waals surface area contributed by atoms with Gasteiger partial charge >= 0.3 is 0 Å². The molecule has 0 spiro atoms. The van der Waals surface area contributed by atoms with E-state index in [0.717, 1.165) is 22.3 Å². The molecule has 0 aliphatic heterocycles. The molecule has 0 radical (unpaired) electrons. The lowest BCUT2D eigenvalue weighted by atomic mass is 10.0. The highest BCUT2D eigenvalue weighted by Crippen LogP contribution is 2.23. The molecule has 0 saturated carbocycles. The maximum atomic E-state index is 5.87. The normalized spacial score (nSPS) is 12.4. The van der Waals surface area contributed by atoms with Gasteiger partial charge in [0.25, 0.3) is 0 Å². The zero-order valence-electron chi connectivity index (χ0n) is 11.3. The van der Waals surface area contributed by atoms with Crippen LogP contribution in [-0.2, 0) is 0 Å². The van der Waals surface area contributed by atoms with E-state index in [1.165, 1.54) is 5.56 Å². The third kappa shape index (κ3) is 4.04. The lowest BCUT2D eigenvalue weighted by Crippen LogP contribution is -2.15. The second-order valence-corrected chi connectivity index (χ2v) is 5.57. The van der Waals surface area contributed by atoms with E-state index in [1.807, 2.05) is 26.0 Å². The van der Waals surface area contributed by atoms with Crippen molar-refractivity contribution in [3.05, 3.63) is 53.3 Å². The average Bonchev–Trinajstić information content (AvgIpc) is 2.39. The Morgan fingerprint density at radius 3 is 2.32 bits per heavy atom. The summed E-state index contributed by atoms with van der Waals surface area (Å²) >= 11 is 1.67. The number of aryl methyl sites for hydroxylation is 2. The summed E-state index contributed by atoms with van der Waals surface area (Å²) in [7, 11) is 0. The number of benzene rings is 1. The number of aromatic nitrogens is 2. The molecule has 0 fully saturated rings. The molecule has 2 rings (SSSR count). The fourth-order valence-corrected chi connectivity index (χ4v) is 3.05. The smallest absolute Gasteiger partial charge is 0.187 e. The summed E-state index contributed by atoms with van der Waals surface area (Å²) in [5.74, 6) is 1.25. The predicted octanol–water partition coefficient (Wildman–Crippen LogP) is 2.93. The Morgan fingerprint density at radius 2 is 1.74 bits per heavy atom. The van der Waals surface area contributed by atoms with Crippen molar-refractivity contribution in [3.63, 3.8) is 0 Å². The summed E-state index contributed by atoms with van der Waals surface area (Å²) in [6.45, 7) is 4.63. The van der Waals surface area contributed by atoms with Gasteiger partial charge in [0, 0.05) is 23.1 Å². The molecule has 100 valence electrons. The van der Waals surface area contributed by atoms with Crippen molar-refractivity contribution in [2.45, 2.75) is 24.9 Å². The highest BCUT2D eigenvalue weighted by Gasteiger charge is 2.11. The molecule has 1 unspecified atom stereocenters. The van der Waals surface area contributed by atoms with Gasteiger partial charge in [0.1, 0.15) is 0 Å². The van der Waals surface area contributed by atoms with Crippen molar-refractivity contribution >= 4 is 11.8 Å². The van der Waals surface area contributed by atoms with Crippen LogP contribution in [-0.4, -0.2) is 22.3 Å². The summed E-state index contributed by atoms with van der Waals surface area (Å²) in [6, 6.07) is 12.4. The van der Waals surface area contributed by atoms with E-state index in [4.69, 9.17) is 5.73 Å². The van der Waals surface area contributed by atoms with Crippen molar-refractivity contribution in [2.75, 3.05) is 12.3 Å². The van der Waals surface area contributed by atoms with Gasteiger partial charge in [0.2, 0.25) is 0 Å². The molecule has 0 aliphatic rings. The summed E-state index contributed by atoms with van der Waals surface area (Å²) in [6.07, 6.45) is 0. The Morgan fingerprint density at radius 1 is 1.11 bits per heavy atom. The minimum atomic E-state index is 0.343. The Hall–Kier alpha value is -1.39. The molecule has 2 N–H and O–H groups in total. The Kier molecular flexibility index (Phi) is 4.93. The molecule has 1 heterocycles. The van der Waals surface area contributed by atoms with Gasteiger partial charge in [-0.05, 0) is 32.0 Å². The van der Waals surface area contributed by atoms with Crippen LogP contribution in [0.15, 0.2) is 41.6 Å². The van der Waals surface area contributed by atoms with Crippen LogP contribution in [0.3, 0.4) is 0 Å². The van der Waals surface area contributed by atoms with Crippen molar-refractivity contribution in [1.29, 1.82) is 0 Å². The number of nitrogens with two attached hydrogens (primary N) is 1. The molecular weight excluding hydrogens is 254 g/mol. The van der Waals surface area contributed by atoms with Crippen LogP contribution in [0.2, 0.25) is 0 Å². The molecule has 0 aliphatic carbocycles. The minimum Gasteiger partial charge on any atom is -0.330 e. The summed E-state index contributed by atoms with van der Waals surface area (Å²) in [5.41, 5.74) is 9.18. The number of hydrogen-bond donors (Lipinski definition) is 1. The van der Waals surface area contributed by atoms with Gasteiger partial charge in [-0.15, -0.1) is 0 Å². The fraction of sp³-hybridized carbons (Fsp3) is 0.333. The molecule has 0 amide bonds. The molecule has 2 aromatic rings. The van der Waals surface area contributed by atoms with E-state index in [9.17, 15) is 0 Å². The number of rotatable bonds is 5. The molecule has 1 atom stereocenters. The standard InChI is InChI=1S/C15H19N3S/c1-11-8-12(2)18-15(17-11)19-10-14(9-16)13-6-4-3-5-7-13/h3-8,14H,9-10,16H2,1-2H3. The van der Waals surface area contributed by atoms with Crippen LogP contribution in [0.4, 0.5) is 0 Å². The van der Waals surface area contributed by atoms with Crippen molar-refractivity contribution in [1.82, 2.24) is 9.97 Å². The zero-order chi connectivity index (χ0) is 13.7. The van der Waals surface area contributed by atoms with Crippen molar-refractivity contribution < 1.29 is 0 Å². The van der Waals surface area contributed by atoms with Crippen LogP contribution >= 0.6 is 11.8 Å². The first-order valence-electron chi connectivity index (χ1n) is 6.39. The van der Waals surface area contributed by atoms with E-state index < -0.39 is 0 Å². The third-order valence-electron chi connectivity index (χ3n) is 2.93. The zero-order valence-corrected chi connectivity index (χ0v) is 12.2. The predicted molar refractivity (Wildman–Crippen MR) is 80.5 cm³/mol. The summed E-state index contributed by atoms with van der Waals surface area (Å²) < 4.78 is 0. The minimum absolute atomic E-state index is 0.343. The molecule has 19 heavy (non-hydrogen) atoms. The van der Waals surface area contributed by atoms with Crippen LogP contribution in [0.1, 0.15) is 22.9 Å². The molecule has 3 nitrogen and oxygen atoms in total. The second kappa shape index (κ2) is 6.68. The van der Waals surface area contributed by atoms with E-state index in [1.54, 1.807) is 11.8 Å². The van der Waals surface area contributed by atoms with Crippen molar-refractivity contribution in [2.24, 2.45) is 5.73 Å². The topological polar surface area (TPSA) is 51.8 Å². The molecule has 1 aromatic heterocycles. The van der Waals surface area contributed by atoms with Gasteiger partial charge in [0.15, 0.2) is 5.16 Å². The maximum absolute atomic E-state index is 5.87. The van der Waals surface area contributed by atoms with Gasteiger partial charge in [0.05, 0.1) is 0 Å². The first-order chi connectivity index (χ1) is 9.19. The summed E-state index contributed by atoms with van der Waals surface area (Å²) in [5, 5.41) is 0.840. The monoisotopic (exact) mass is 273 g/mol. The Balaban J connectivity index is 2.04. The highest BCUT2D eigenvalue weighted by molar-refractivity contribution is 7.99. The third-order valence-corrected chi connectivity index (χ3v) is 3.94. The van der Waals surface area contributed by atoms with Gasteiger partial charge in [-0.3, -0.25) is 0 Å². The Bertz CT molecular complexity index is 508. The van der Waals surface area contributed by atoms with Gasteiger partial charge < -0.3 is 5.73 Å². The Labute approximate surface area is 118 Å². The quantitative estimate of drug-likeness (QED) is 0.672. The van der Waals surface area contributed by atoms with Crippen LogP contribution < -0.4 is 5.73 Å². The fourth-order valence-electron chi connectivity index (χ4n) is 1.96. The second-order valence-electron chi connectivity index (χ2n) is 4.59. The van der Waals surface area contributed by atoms with Crippen LogP contribution in [0.5, 0.6) is 0 Å².